The van der Waals surface area contributed by atoms with Crippen LogP contribution in [0.3, 0.4) is 0 Å². The second-order valence-electron chi connectivity index (χ2n) is 10.1. The summed E-state index contributed by atoms with van der Waals surface area (Å²) in [4.78, 5) is 25.6. The molecule has 5 rings (SSSR count). The van der Waals surface area contributed by atoms with E-state index in [9.17, 15) is 13.2 Å². The highest BCUT2D eigenvalue weighted by atomic mass is 32.2. The van der Waals surface area contributed by atoms with E-state index >= 15 is 0 Å². The molecule has 1 fully saturated rings. The number of benzene rings is 1. The molecule has 0 unspecified atom stereocenters. The van der Waals surface area contributed by atoms with E-state index in [-0.39, 0.29) is 10.5 Å². The lowest BCUT2D eigenvalue weighted by Crippen LogP contribution is -2.48. The predicted molar refractivity (Wildman–Crippen MR) is 158 cm³/mol. The van der Waals surface area contributed by atoms with Gasteiger partial charge in [0, 0.05) is 46.0 Å². The van der Waals surface area contributed by atoms with Gasteiger partial charge in [0.25, 0.3) is 5.56 Å². The van der Waals surface area contributed by atoms with E-state index < -0.39 is 10.0 Å². The maximum Gasteiger partial charge on any atom is 0.265 e. The van der Waals surface area contributed by atoms with Crippen LogP contribution in [0.1, 0.15) is 33.6 Å². The summed E-state index contributed by atoms with van der Waals surface area (Å²) in [5, 5.41) is 5.10. The van der Waals surface area contributed by atoms with Gasteiger partial charge >= 0.3 is 0 Å². The van der Waals surface area contributed by atoms with E-state index in [1.165, 1.54) is 8.87 Å². The maximum atomic E-state index is 13.9. The van der Waals surface area contributed by atoms with Gasteiger partial charge in [-0.15, -0.1) is 0 Å². The number of piperazine rings is 1. The van der Waals surface area contributed by atoms with Crippen LogP contribution in [0, 0.1) is 0 Å². The number of rotatable bonds is 10. The highest BCUT2D eigenvalue weighted by Gasteiger charge is 2.30. The van der Waals surface area contributed by atoms with Gasteiger partial charge < -0.3 is 9.64 Å². The first-order valence-electron chi connectivity index (χ1n) is 14.2. The zero-order chi connectivity index (χ0) is 29.1. The minimum Gasteiger partial charge on any atom is -0.493 e. The lowest BCUT2D eigenvalue weighted by atomic mass is 10.1. The molecule has 0 atom stereocenters. The average molecular weight is 580 g/mol. The number of likely N-dealkylation sites (N-methyl/N-ethyl adjacent to an activating group) is 1. The van der Waals surface area contributed by atoms with E-state index in [0.717, 1.165) is 19.4 Å². The largest absolute Gasteiger partial charge is 0.493 e. The fourth-order valence-corrected chi connectivity index (χ4v) is 6.56. The number of hydrogen-bond donors (Lipinski definition) is 0. The van der Waals surface area contributed by atoms with Crippen molar-refractivity contribution < 1.29 is 13.2 Å². The summed E-state index contributed by atoms with van der Waals surface area (Å²) in [6.45, 7) is 10.2. The van der Waals surface area contributed by atoms with Crippen LogP contribution in [0.15, 0.2) is 52.3 Å². The fourth-order valence-electron chi connectivity index (χ4n) is 5.11. The van der Waals surface area contributed by atoms with E-state index in [4.69, 9.17) is 14.8 Å². The van der Waals surface area contributed by atoms with Gasteiger partial charge in [-0.1, -0.05) is 26.8 Å². The molecular formula is C29H37N7O4S. The summed E-state index contributed by atoms with van der Waals surface area (Å²) in [5.41, 5.74) is 1.63. The Morgan fingerprint density at radius 1 is 1.00 bits per heavy atom. The molecule has 41 heavy (non-hydrogen) atoms. The predicted octanol–water partition coefficient (Wildman–Crippen LogP) is 3.38. The van der Waals surface area contributed by atoms with Crippen molar-refractivity contribution in [2.75, 3.05) is 39.3 Å². The standard InChI is InChI=1S/C29H37N7O4S/c1-5-14-36-28-25(26(32-36)23-10-8-9-13-30-23)29(37)33(4)27(31-28)22-20-21(11-12-24(22)40-19-6-2)41(38,39)35-17-15-34(7-3)16-18-35/h8-13,20H,5-7,14-19H2,1-4H3. The number of fused-ring (bicyclic) bond motifs is 1. The van der Waals surface area contributed by atoms with Crippen LogP contribution in [0.2, 0.25) is 0 Å². The quantitative estimate of drug-likeness (QED) is 0.281. The first-order chi connectivity index (χ1) is 19.8. The zero-order valence-electron chi connectivity index (χ0n) is 24.1. The average Bonchev–Trinajstić information content (AvgIpc) is 3.36. The van der Waals surface area contributed by atoms with Gasteiger partial charge in [-0.3, -0.25) is 14.3 Å². The van der Waals surface area contributed by atoms with Crippen LogP contribution >= 0.6 is 0 Å². The molecule has 4 heterocycles. The van der Waals surface area contributed by atoms with Crippen LogP contribution in [-0.2, 0) is 23.6 Å². The molecule has 1 aliphatic heterocycles. The van der Waals surface area contributed by atoms with Crippen molar-refractivity contribution in [3.05, 3.63) is 52.9 Å². The Bertz CT molecular complexity index is 1690. The van der Waals surface area contributed by atoms with E-state index in [1.807, 2.05) is 32.0 Å². The van der Waals surface area contributed by atoms with Crippen molar-refractivity contribution in [3.63, 3.8) is 0 Å². The topological polar surface area (TPSA) is 115 Å². The first-order valence-corrected chi connectivity index (χ1v) is 15.6. The van der Waals surface area contributed by atoms with Crippen molar-refractivity contribution in [1.29, 1.82) is 0 Å². The fraction of sp³-hybridized carbons (Fsp3) is 0.448. The monoisotopic (exact) mass is 579 g/mol. The molecule has 0 spiro atoms. The van der Waals surface area contributed by atoms with Crippen LogP contribution in [0.25, 0.3) is 33.8 Å². The van der Waals surface area contributed by atoms with Gasteiger partial charge in [0.15, 0.2) is 5.65 Å². The van der Waals surface area contributed by atoms with Crippen LogP contribution < -0.4 is 10.3 Å². The van der Waals surface area contributed by atoms with Crippen molar-refractivity contribution in [3.8, 4) is 28.5 Å². The van der Waals surface area contributed by atoms with Crippen molar-refractivity contribution in [2.24, 2.45) is 7.05 Å². The summed E-state index contributed by atoms with van der Waals surface area (Å²) < 4.78 is 38.2. The molecule has 0 saturated carbocycles. The normalized spacial score (nSPS) is 15.0. The molecule has 11 nitrogen and oxygen atoms in total. The molecule has 0 aliphatic carbocycles. The third-order valence-electron chi connectivity index (χ3n) is 7.39. The van der Waals surface area contributed by atoms with Crippen LogP contribution in [0.4, 0.5) is 0 Å². The van der Waals surface area contributed by atoms with Gasteiger partial charge in [-0.2, -0.15) is 9.40 Å². The van der Waals surface area contributed by atoms with Crippen LogP contribution in [-0.4, -0.2) is 81.3 Å². The Balaban J connectivity index is 1.68. The molecule has 0 bridgehead atoms. The summed E-state index contributed by atoms with van der Waals surface area (Å²) in [7, 11) is -2.13. The van der Waals surface area contributed by atoms with Gasteiger partial charge in [0.1, 0.15) is 22.7 Å². The summed E-state index contributed by atoms with van der Waals surface area (Å²) in [5.74, 6) is 0.779. The van der Waals surface area contributed by atoms with Crippen molar-refractivity contribution >= 4 is 21.1 Å². The highest BCUT2D eigenvalue weighted by Crippen LogP contribution is 2.34. The van der Waals surface area contributed by atoms with Crippen molar-refractivity contribution in [2.45, 2.75) is 45.1 Å². The molecule has 1 aromatic carbocycles. The molecule has 0 N–H and O–H groups in total. The van der Waals surface area contributed by atoms with Gasteiger partial charge in [-0.25, -0.2) is 18.1 Å². The summed E-state index contributed by atoms with van der Waals surface area (Å²) >= 11 is 0. The Kier molecular flexibility index (Phi) is 8.52. The second-order valence-corrected chi connectivity index (χ2v) is 12.1. The summed E-state index contributed by atoms with van der Waals surface area (Å²) in [6, 6.07) is 10.3. The number of pyridine rings is 1. The Morgan fingerprint density at radius 3 is 2.44 bits per heavy atom. The minimum absolute atomic E-state index is 0.145. The van der Waals surface area contributed by atoms with Gasteiger partial charge in [0.05, 0.1) is 22.8 Å². The number of sulfonamides is 1. The first kappa shape index (κ1) is 28.9. The lowest BCUT2D eigenvalue weighted by Gasteiger charge is -2.33. The number of aromatic nitrogens is 5. The summed E-state index contributed by atoms with van der Waals surface area (Å²) in [6.07, 6.45) is 3.22. The number of nitrogens with zero attached hydrogens (tertiary/aromatic N) is 7. The molecule has 3 aromatic heterocycles. The molecule has 4 aromatic rings. The van der Waals surface area contributed by atoms with Crippen LogP contribution in [0.5, 0.6) is 5.75 Å². The van der Waals surface area contributed by atoms with Gasteiger partial charge in [0.2, 0.25) is 10.0 Å². The van der Waals surface area contributed by atoms with E-state index in [2.05, 4.69) is 16.8 Å². The highest BCUT2D eigenvalue weighted by molar-refractivity contribution is 7.89. The minimum atomic E-state index is -3.77. The lowest BCUT2D eigenvalue weighted by molar-refractivity contribution is 0.196. The third-order valence-corrected chi connectivity index (χ3v) is 9.28. The second kappa shape index (κ2) is 12.1. The molecule has 1 saturated heterocycles. The maximum absolute atomic E-state index is 13.9. The van der Waals surface area contributed by atoms with E-state index in [0.29, 0.717) is 78.9 Å². The molecular weight excluding hydrogens is 542 g/mol. The van der Waals surface area contributed by atoms with E-state index in [1.54, 1.807) is 36.1 Å². The smallest absolute Gasteiger partial charge is 0.265 e. The Labute approximate surface area is 240 Å². The SMILES string of the molecule is CCCOc1ccc(S(=O)(=O)N2CCN(CC)CC2)cc1-c1nc2c(c(-c3ccccn3)nn2CCC)c(=O)n1C. The van der Waals surface area contributed by atoms with Crippen molar-refractivity contribution in [1.82, 2.24) is 33.5 Å². The molecule has 1 aliphatic rings. The molecule has 0 radical (unpaired) electrons. The number of hydrogen-bond acceptors (Lipinski definition) is 8. The number of aryl methyl sites for hydroxylation is 1. The molecule has 0 amide bonds. The third kappa shape index (κ3) is 5.51. The Morgan fingerprint density at radius 2 is 1.78 bits per heavy atom. The number of ether oxygens (including phenoxy) is 1. The zero-order valence-corrected chi connectivity index (χ0v) is 24.9. The Hall–Kier alpha value is -3.61. The van der Waals surface area contributed by atoms with Gasteiger partial charge in [-0.05, 0) is 49.7 Å². The molecule has 12 heteroatoms. The molecule has 218 valence electrons.